The van der Waals surface area contributed by atoms with Crippen molar-refractivity contribution in [2.75, 3.05) is 36.2 Å². The topological polar surface area (TPSA) is 92.1 Å². The van der Waals surface area contributed by atoms with Gasteiger partial charge in [0.15, 0.2) is 21.2 Å². The smallest absolute Gasteiger partial charge is 0.198 e. The lowest BCUT2D eigenvalue weighted by Gasteiger charge is -2.12. The summed E-state index contributed by atoms with van der Waals surface area (Å²) in [6.45, 7) is 5.08. The molecule has 0 aliphatic carbocycles. The average molecular weight is 418 g/mol. The molecule has 1 unspecified atom stereocenters. The van der Waals surface area contributed by atoms with Gasteiger partial charge in [0.2, 0.25) is 0 Å². The van der Waals surface area contributed by atoms with E-state index in [4.69, 9.17) is 5.73 Å². The second-order valence-corrected chi connectivity index (χ2v) is 8.13. The number of rotatable bonds is 12. The number of halogens is 2. The number of aromatic nitrogens is 1. The lowest BCUT2D eigenvalue weighted by Crippen LogP contribution is -2.20. The van der Waals surface area contributed by atoms with Crippen molar-refractivity contribution in [1.29, 1.82) is 0 Å². The maximum Gasteiger partial charge on any atom is 0.198 e. The molecule has 1 heterocycles. The van der Waals surface area contributed by atoms with Crippen LogP contribution in [0, 0.1) is 17.9 Å². The molecule has 10 heteroatoms. The zero-order chi connectivity index (χ0) is 19.6. The summed E-state index contributed by atoms with van der Waals surface area (Å²) in [5, 5.41) is 6.16. The van der Waals surface area contributed by atoms with Crippen LogP contribution in [-0.2, 0) is 11.0 Å². The van der Waals surface area contributed by atoms with Crippen LogP contribution in [0.2, 0.25) is 0 Å². The predicted octanol–water partition coefficient (Wildman–Crippen LogP) is 2.99. The van der Waals surface area contributed by atoms with Crippen LogP contribution in [-0.4, -0.2) is 35.4 Å². The van der Waals surface area contributed by atoms with E-state index in [1.54, 1.807) is 0 Å². The second kappa shape index (κ2) is 11.3. The Labute approximate surface area is 164 Å². The monoisotopic (exact) mass is 417 g/mol. The van der Waals surface area contributed by atoms with E-state index < -0.39 is 21.9 Å². The molecule has 27 heavy (non-hydrogen) atoms. The van der Waals surface area contributed by atoms with Crippen LogP contribution in [0.25, 0.3) is 0 Å². The Bertz CT molecular complexity index is 757. The first kappa shape index (κ1) is 21.7. The van der Waals surface area contributed by atoms with Crippen LogP contribution in [0.4, 0.5) is 19.6 Å². The molecule has 6 nitrogen and oxygen atoms in total. The van der Waals surface area contributed by atoms with Gasteiger partial charge in [0, 0.05) is 12.2 Å². The van der Waals surface area contributed by atoms with Crippen LogP contribution in [0.1, 0.15) is 24.8 Å². The number of hydrogen-bond donors (Lipinski definition) is 4. The fourth-order valence-electron chi connectivity index (χ4n) is 2.37. The van der Waals surface area contributed by atoms with Crippen LogP contribution in [0.15, 0.2) is 23.2 Å². The molecule has 2 aromatic rings. The highest BCUT2D eigenvalue weighted by Crippen LogP contribution is 2.24. The summed E-state index contributed by atoms with van der Waals surface area (Å²) in [5.41, 5.74) is 6.89. The van der Waals surface area contributed by atoms with Crippen LogP contribution < -0.4 is 21.1 Å². The van der Waals surface area contributed by atoms with E-state index >= 15 is 0 Å². The lowest BCUT2D eigenvalue weighted by atomic mass is 10.2. The fourth-order valence-corrected chi connectivity index (χ4v) is 4.00. The van der Waals surface area contributed by atoms with E-state index in [2.05, 4.69) is 20.3 Å². The maximum atomic E-state index is 14.4. The average Bonchev–Trinajstić information content (AvgIpc) is 3.04. The van der Waals surface area contributed by atoms with E-state index in [0.717, 1.165) is 62.0 Å². The Morgan fingerprint density at radius 3 is 2.63 bits per heavy atom. The van der Waals surface area contributed by atoms with Crippen molar-refractivity contribution in [3.63, 3.8) is 0 Å². The molecule has 0 spiro atoms. The van der Waals surface area contributed by atoms with E-state index in [1.807, 2.05) is 6.92 Å². The molecule has 150 valence electrons. The van der Waals surface area contributed by atoms with Crippen molar-refractivity contribution in [2.45, 2.75) is 31.1 Å². The van der Waals surface area contributed by atoms with Crippen molar-refractivity contribution in [2.24, 2.45) is 5.73 Å². The van der Waals surface area contributed by atoms with Gasteiger partial charge in [-0.3, -0.25) is 4.72 Å². The minimum absolute atomic E-state index is 0.0118. The molecule has 0 fully saturated rings. The summed E-state index contributed by atoms with van der Waals surface area (Å²) in [6, 6.07) is 2.87. The molecule has 2 rings (SSSR count). The highest BCUT2D eigenvalue weighted by Gasteiger charge is 2.15. The molecule has 0 aliphatic rings. The van der Waals surface area contributed by atoms with E-state index in [1.165, 1.54) is 12.1 Å². The van der Waals surface area contributed by atoms with Gasteiger partial charge in [-0.15, -0.1) is 0 Å². The molecule has 1 aromatic carbocycles. The highest BCUT2D eigenvalue weighted by atomic mass is 32.2. The number of anilines is 2. The van der Waals surface area contributed by atoms with Gasteiger partial charge in [0.05, 0.1) is 11.1 Å². The van der Waals surface area contributed by atoms with Crippen LogP contribution >= 0.6 is 11.3 Å². The first-order chi connectivity index (χ1) is 13.0. The van der Waals surface area contributed by atoms with Crippen molar-refractivity contribution < 1.29 is 13.0 Å². The van der Waals surface area contributed by atoms with Crippen molar-refractivity contribution >= 4 is 33.1 Å². The molecule has 0 amide bonds. The van der Waals surface area contributed by atoms with Gasteiger partial charge < -0.3 is 16.4 Å². The van der Waals surface area contributed by atoms with Crippen LogP contribution in [0.3, 0.4) is 0 Å². The first-order valence-corrected chi connectivity index (χ1v) is 10.7. The van der Waals surface area contributed by atoms with E-state index in [-0.39, 0.29) is 10.0 Å². The number of nitrogens with one attached hydrogen (secondary N) is 3. The summed E-state index contributed by atoms with van der Waals surface area (Å²) >= 11 is 0.718. The summed E-state index contributed by atoms with van der Waals surface area (Å²) < 4.78 is 42.1. The van der Waals surface area contributed by atoms with Gasteiger partial charge in [-0.25, -0.2) is 13.6 Å². The van der Waals surface area contributed by atoms with E-state index in [0.29, 0.717) is 12.2 Å². The molecule has 0 radical (unpaired) electrons. The van der Waals surface area contributed by atoms with Gasteiger partial charge in [-0.05, 0) is 63.5 Å². The number of hydrogen-bond acceptors (Lipinski definition) is 6. The number of nitrogens with two attached hydrogens (primary N) is 1. The van der Waals surface area contributed by atoms with Gasteiger partial charge in [0.1, 0.15) is 5.82 Å². The van der Waals surface area contributed by atoms with E-state index in [9.17, 15) is 13.0 Å². The third-order valence-electron chi connectivity index (χ3n) is 3.79. The minimum atomic E-state index is -1.85. The molecule has 0 saturated heterocycles. The Morgan fingerprint density at radius 2 is 1.93 bits per heavy atom. The van der Waals surface area contributed by atoms with Gasteiger partial charge in [-0.2, -0.15) is 4.39 Å². The zero-order valence-electron chi connectivity index (χ0n) is 15.2. The Morgan fingerprint density at radius 1 is 1.19 bits per heavy atom. The van der Waals surface area contributed by atoms with Gasteiger partial charge >= 0.3 is 0 Å². The Hall–Kier alpha value is -1.62. The normalized spacial score (nSPS) is 12.1. The maximum absolute atomic E-state index is 14.4. The Balaban J connectivity index is 1.83. The van der Waals surface area contributed by atoms with Crippen molar-refractivity contribution in [1.82, 2.24) is 10.3 Å². The third kappa shape index (κ3) is 7.13. The number of unbranched alkanes of at least 4 members (excludes halogenated alkanes) is 1. The Kier molecular flexibility index (Phi) is 9.05. The standard InChI is InChI=1S/C17H25F2N5OS2/c1-12-9-15(27(25)24-17-23-11-16(19)26-17)13(18)10-14(12)22-8-3-2-6-21-7-4-5-20/h9-11,21-22H,2-8,20H2,1H3,(H,23,24). The van der Waals surface area contributed by atoms with Gasteiger partial charge in [0.25, 0.3) is 0 Å². The number of aryl methyl sites for hydroxylation is 1. The molecule has 1 aromatic heterocycles. The van der Waals surface area contributed by atoms with Gasteiger partial charge in [-0.1, -0.05) is 11.3 Å². The molecular weight excluding hydrogens is 392 g/mol. The molecule has 0 bridgehead atoms. The fraction of sp³-hybridized carbons (Fsp3) is 0.471. The number of thiazole rings is 1. The van der Waals surface area contributed by atoms with Crippen molar-refractivity contribution in [3.8, 4) is 0 Å². The molecule has 1 atom stereocenters. The molecule has 0 aliphatic heterocycles. The lowest BCUT2D eigenvalue weighted by molar-refractivity contribution is 0.595. The summed E-state index contributed by atoms with van der Waals surface area (Å²) in [6.07, 6.45) is 3.94. The number of nitrogens with zero attached hydrogens (tertiary/aromatic N) is 1. The number of benzene rings is 1. The van der Waals surface area contributed by atoms with Crippen LogP contribution in [0.5, 0.6) is 0 Å². The first-order valence-electron chi connectivity index (χ1n) is 8.76. The minimum Gasteiger partial charge on any atom is -0.385 e. The quantitative estimate of drug-likeness (QED) is 0.399. The SMILES string of the molecule is Cc1cc(S(=O)Nc2ncc(F)s2)c(F)cc1NCCCCNCCCN. The largest absolute Gasteiger partial charge is 0.385 e. The second-order valence-electron chi connectivity index (χ2n) is 5.96. The van der Waals surface area contributed by atoms with Crippen molar-refractivity contribution in [3.05, 3.63) is 34.8 Å². The predicted molar refractivity (Wildman–Crippen MR) is 108 cm³/mol. The summed E-state index contributed by atoms with van der Waals surface area (Å²) in [4.78, 5) is 3.74. The summed E-state index contributed by atoms with van der Waals surface area (Å²) in [5.74, 6) is -0.589. The molecule has 0 saturated carbocycles. The summed E-state index contributed by atoms with van der Waals surface area (Å²) in [7, 11) is -1.85. The molecule has 5 N–H and O–H groups in total. The highest BCUT2D eigenvalue weighted by molar-refractivity contribution is 7.86. The zero-order valence-corrected chi connectivity index (χ0v) is 16.8. The molecular formula is C17H25F2N5OS2. The third-order valence-corrected chi connectivity index (χ3v) is 5.71.